The number of anilines is 4. The van der Waals surface area contributed by atoms with Gasteiger partial charge in [0.2, 0.25) is 11.8 Å². The number of primary amides is 2. The van der Waals surface area contributed by atoms with Crippen LogP contribution in [0.1, 0.15) is 292 Å². The summed E-state index contributed by atoms with van der Waals surface area (Å²) in [6.07, 6.45) is 35.8. The number of unbranched alkanes of at least 4 members (excludes halogenated alkanes) is 13. The smallest absolute Gasteiger partial charge is 0.318 e. The number of piperidine rings is 1. The molecule has 3 aliphatic heterocycles. The number of hydrogen-bond acceptors (Lipinski definition) is 26. The van der Waals surface area contributed by atoms with E-state index in [0.29, 0.717) is 99.0 Å². The molecule has 4 aromatic rings. The molecule has 0 bridgehead atoms. The van der Waals surface area contributed by atoms with E-state index in [-0.39, 0.29) is 35.8 Å². The van der Waals surface area contributed by atoms with Crippen LogP contribution in [0, 0.1) is 51.2 Å². The minimum Gasteiger partial charge on any atom is -0.463 e. The number of carbonyl (C=O) groups excluding carboxylic acids is 2. The second-order valence-corrected chi connectivity index (χ2v) is 31.9. The van der Waals surface area contributed by atoms with Crippen molar-refractivity contribution in [3.63, 3.8) is 0 Å². The molecule has 3 fully saturated rings. The van der Waals surface area contributed by atoms with Crippen LogP contribution in [-0.4, -0.2) is 164 Å². The lowest BCUT2D eigenvalue weighted by Crippen LogP contribution is -2.47. The highest BCUT2D eigenvalue weighted by molar-refractivity contribution is 5.83. The lowest BCUT2D eigenvalue weighted by molar-refractivity contribution is -0.124. The first-order chi connectivity index (χ1) is 56.4. The van der Waals surface area contributed by atoms with Gasteiger partial charge in [-0.25, -0.2) is 0 Å². The van der Waals surface area contributed by atoms with Gasteiger partial charge in [-0.05, 0) is 228 Å². The molecule has 28 heteroatoms. The monoisotopic (exact) mass is 1590 g/mol. The summed E-state index contributed by atoms with van der Waals surface area (Å²) in [4.78, 5) is 65.9. The fraction of sp³-hybridized carbons (Fsp3) is 0.659. The molecule has 7 heterocycles. The maximum Gasteiger partial charge on any atom is 0.318 e. The largest absolute Gasteiger partial charge is 0.463 e. The number of nitriles is 4. The predicted octanol–water partition coefficient (Wildman–Crippen LogP) is 13.5. The van der Waals surface area contributed by atoms with Crippen molar-refractivity contribution in [2.24, 2.45) is 17.4 Å². The number of carbonyl (C=O) groups is 2. The number of fused-ring (bicyclic) bond motifs is 4. The Kier molecular flexibility index (Phi) is 39.2. The number of rotatable bonds is 45. The summed E-state index contributed by atoms with van der Waals surface area (Å²) < 4.78 is 22.6. The van der Waals surface area contributed by atoms with E-state index in [4.69, 9.17) is 53.3 Å². The normalized spacial score (nSPS) is 16.4. The van der Waals surface area contributed by atoms with Gasteiger partial charge in [-0.15, -0.1) is 0 Å². The molecule has 0 radical (unpaired) electrons. The van der Waals surface area contributed by atoms with Crippen molar-refractivity contribution in [1.82, 2.24) is 59.9 Å². The summed E-state index contributed by atoms with van der Waals surface area (Å²) in [5.41, 5.74) is 49.2. The summed E-state index contributed by atoms with van der Waals surface area (Å²) >= 11 is 0. The van der Waals surface area contributed by atoms with E-state index in [1.54, 1.807) is 0 Å². The Morgan fingerprint density at radius 1 is 0.414 bits per heavy atom. The van der Waals surface area contributed by atoms with Crippen molar-refractivity contribution < 1.29 is 28.5 Å². The molecule has 0 saturated carbocycles. The second-order valence-electron chi connectivity index (χ2n) is 31.9. The van der Waals surface area contributed by atoms with Crippen molar-refractivity contribution in [2.45, 2.75) is 285 Å². The van der Waals surface area contributed by atoms with Crippen molar-refractivity contribution >= 4 is 57.4 Å². The van der Waals surface area contributed by atoms with Crippen LogP contribution in [0.4, 0.5) is 23.3 Å². The Bertz CT molecular complexity index is 4170. The van der Waals surface area contributed by atoms with Gasteiger partial charge >= 0.3 is 24.0 Å². The highest BCUT2D eigenvalue weighted by Crippen LogP contribution is 2.42. The minimum absolute atomic E-state index is 0.117. The van der Waals surface area contributed by atoms with Crippen LogP contribution >= 0.6 is 0 Å². The summed E-state index contributed by atoms with van der Waals surface area (Å²) in [6, 6.07) is 10.2. The van der Waals surface area contributed by atoms with E-state index in [0.717, 1.165) is 251 Å². The maximum atomic E-state index is 11.7. The molecule has 630 valence electrons. The lowest BCUT2D eigenvalue weighted by Gasteiger charge is -2.33. The lowest BCUT2D eigenvalue weighted by atomic mass is 10.00. The van der Waals surface area contributed by atoms with E-state index < -0.39 is 0 Å². The quantitative estimate of drug-likeness (QED) is 0.0202. The summed E-state index contributed by atoms with van der Waals surface area (Å²) in [6.45, 7) is 24.7. The van der Waals surface area contributed by atoms with Gasteiger partial charge in [0.15, 0.2) is 0 Å². The molecule has 2 atom stereocenters. The molecular weight excluding hydrogens is 1460 g/mol. The third kappa shape index (κ3) is 27.5. The van der Waals surface area contributed by atoms with Crippen LogP contribution in [0.25, 0.3) is 22.3 Å². The topological polar surface area (TPSA) is 447 Å². The molecular formula is C88H132N22O6. The number of allylic oxidation sites excluding steroid dienone is 8. The van der Waals surface area contributed by atoms with Crippen LogP contribution < -0.4 is 58.7 Å². The Morgan fingerprint density at radius 2 is 0.716 bits per heavy atom. The minimum atomic E-state index is -0.314. The van der Waals surface area contributed by atoms with Crippen LogP contribution in [0.5, 0.6) is 24.0 Å². The number of nitrogens with two attached hydrogens (primary N) is 6. The Morgan fingerprint density at radius 3 is 1.02 bits per heavy atom. The van der Waals surface area contributed by atoms with Gasteiger partial charge in [0.05, 0.1) is 85.6 Å². The Balaban J connectivity index is 0.000000193. The third-order valence-corrected chi connectivity index (χ3v) is 22.7. The van der Waals surface area contributed by atoms with Crippen molar-refractivity contribution in [2.75, 3.05) is 108 Å². The predicted molar refractivity (Wildman–Crippen MR) is 456 cm³/mol. The van der Waals surface area contributed by atoms with Gasteiger partial charge in [-0.3, -0.25) is 14.5 Å². The molecule has 7 aliphatic rings. The van der Waals surface area contributed by atoms with Gasteiger partial charge in [0, 0.05) is 70.2 Å². The molecule has 2 unspecified atom stereocenters. The number of hydrogen-bond donors (Lipinski definition) is 7. The fourth-order valence-corrected chi connectivity index (χ4v) is 16.0. The second kappa shape index (κ2) is 49.5. The van der Waals surface area contributed by atoms with E-state index in [1.807, 2.05) is 13.8 Å². The molecule has 4 aromatic heterocycles. The molecule has 116 heavy (non-hydrogen) atoms. The number of likely N-dealkylation sites (tertiary alicyclic amines) is 3. The zero-order valence-corrected chi connectivity index (χ0v) is 70.5. The zero-order valence-electron chi connectivity index (χ0n) is 70.5. The van der Waals surface area contributed by atoms with E-state index >= 15 is 0 Å². The van der Waals surface area contributed by atoms with Crippen molar-refractivity contribution in [3.05, 3.63) is 67.3 Å². The van der Waals surface area contributed by atoms with Gasteiger partial charge in [0.25, 0.3) is 0 Å². The van der Waals surface area contributed by atoms with Crippen LogP contribution in [0.15, 0.2) is 22.3 Å². The molecule has 0 spiro atoms. The molecule has 4 aliphatic carbocycles. The zero-order chi connectivity index (χ0) is 83.1. The van der Waals surface area contributed by atoms with E-state index in [1.165, 1.54) is 97.1 Å². The number of ether oxygens (including phenoxy) is 4. The number of nitrogen functional groups attached to an aromatic ring is 4. The van der Waals surface area contributed by atoms with E-state index in [9.17, 15) is 30.6 Å². The van der Waals surface area contributed by atoms with Crippen molar-refractivity contribution in [3.8, 4) is 48.3 Å². The van der Waals surface area contributed by atoms with E-state index in [2.05, 4.69) is 112 Å². The number of nitrogens with one attached hydrogen (secondary N) is 1. The fourth-order valence-electron chi connectivity index (χ4n) is 16.0. The first-order valence-corrected chi connectivity index (χ1v) is 43.6. The molecule has 28 nitrogen and oxygen atoms in total. The van der Waals surface area contributed by atoms with Gasteiger partial charge in [-0.1, -0.05) is 106 Å². The average Bonchev–Trinajstić information content (AvgIpc) is 1.65. The molecule has 3 saturated heterocycles. The number of nitrogens with zero attached hydrogens (tertiary/aromatic N) is 15. The summed E-state index contributed by atoms with van der Waals surface area (Å²) in [5.74, 6) is 1.34. The maximum absolute atomic E-state index is 11.7. The molecule has 0 aromatic carbocycles. The van der Waals surface area contributed by atoms with Crippen LogP contribution in [-0.2, 0) is 35.3 Å². The molecule has 11 rings (SSSR count). The first-order valence-electron chi connectivity index (χ1n) is 43.6. The standard InChI is InChI=1S/C23H34N6O2.C22H34N6O2.C22H33N5O.C21H31N5O/c1-2-3-13-31-23-27-20-17(16(15-24)14-18(20)21(25)28-23)9-5-4-7-11-29-12-8-6-10-19(29)22(26)30;1-4-5-11-30-22-27-19-16(15(13-23)12-17(19)20(24)28-22)9-7-6-8-10-26-18(14(2)3)21(25)29;1-2-3-14-28-22-25-20-18(17(16-23)15-19(20)21(24)26-22)10-6-4-5-7-11-27-12-8-9-13-27;1-2-3-13-27-21-24-19-17(16(15-22)14-18(19)20(23)25-21)9-5-4-6-10-26-11-7-8-12-26/h19H,2-14H2,1H3,(H2,26,30)(H2,25,27,28);14,18,26H,4-12H2,1-3H3,(H2,25,29)(H2,24,27,28);2-15H2,1H3,(H2,24,25,26);2-14H2,1H3,(H2,23,24,25). The summed E-state index contributed by atoms with van der Waals surface area (Å²) in [5, 5.41) is 41.5. The highest BCUT2D eigenvalue weighted by Gasteiger charge is 2.33. The third-order valence-electron chi connectivity index (χ3n) is 22.7. The van der Waals surface area contributed by atoms with Gasteiger partial charge in [-0.2, -0.15) is 60.9 Å². The summed E-state index contributed by atoms with van der Waals surface area (Å²) in [7, 11) is 0. The molecule has 2 amide bonds. The SMILES string of the molecule is CCCCOc1nc(N)c2c(n1)C(CCCCCCN1CCCC1)=C(C#N)C2.CCCCOc1nc(N)c2c(n1)C(CCCCCN1CCCC1)=C(C#N)C2.CCCCOc1nc(N)c2c(n1)C(CCCCCN1CCCCC1C(N)=O)=C(C#N)C2.CCCCOc1nc(N)c2c(n1)C(CCCCCNC(C(N)=O)C(C)C)=C(C#N)C2. The van der Waals surface area contributed by atoms with Crippen molar-refractivity contribution in [1.29, 1.82) is 21.0 Å². The molecule has 13 N–H and O–H groups in total. The highest BCUT2D eigenvalue weighted by atomic mass is 16.5. The number of aromatic nitrogens is 8. The van der Waals surface area contributed by atoms with Crippen LogP contribution in [0.2, 0.25) is 0 Å². The van der Waals surface area contributed by atoms with Gasteiger partial charge < -0.3 is 68.5 Å². The van der Waals surface area contributed by atoms with Gasteiger partial charge in [0.1, 0.15) is 23.3 Å². The Labute approximate surface area is 689 Å². The Hall–Kier alpha value is -9.58. The average molecular weight is 1590 g/mol. The van der Waals surface area contributed by atoms with Crippen LogP contribution in [0.3, 0.4) is 0 Å². The number of amides is 2. The first kappa shape index (κ1) is 91.9.